The number of hydrogen-bond donors (Lipinski definition) is 0. The lowest BCUT2D eigenvalue weighted by Gasteiger charge is -2.26. The van der Waals surface area contributed by atoms with Crippen LogP contribution in [-0.2, 0) is 4.79 Å². The van der Waals surface area contributed by atoms with Crippen molar-refractivity contribution in [1.29, 1.82) is 0 Å². The smallest absolute Gasteiger partial charge is 0.264 e. The van der Waals surface area contributed by atoms with E-state index in [1.165, 1.54) is 4.90 Å². The van der Waals surface area contributed by atoms with Crippen molar-refractivity contribution in [1.82, 2.24) is 4.57 Å². The summed E-state index contributed by atoms with van der Waals surface area (Å²) in [5.41, 5.74) is 2.10. The van der Waals surface area contributed by atoms with Gasteiger partial charge in [0.25, 0.3) is 5.91 Å². The zero-order valence-corrected chi connectivity index (χ0v) is 15.2. The summed E-state index contributed by atoms with van der Waals surface area (Å²) in [5.74, 6) is 0.437. The molecule has 6 heteroatoms. The first kappa shape index (κ1) is 16.7. The highest BCUT2D eigenvalue weighted by Gasteiger charge is 2.25. The van der Waals surface area contributed by atoms with E-state index in [4.69, 9.17) is 16.3 Å². The summed E-state index contributed by atoms with van der Waals surface area (Å²) in [5, 5.41) is 1.65. The summed E-state index contributed by atoms with van der Waals surface area (Å²) in [7, 11) is 1.69. The molecule has 5 nitrogen and oxygen atoms in total. The Bertz CT molecular complexity index is 1040. The van der Waals surface area contributed by atoms with Crippen molar-refractivity contribution >= 4 is 39.9 Å². The molecule has 132 valence electrons. The molecule has 0 spiro atoms. The summed E-state index contributed by atoms with van der Waals surface area (Å²) in [4.78, 5) is 26.4. The Morgan fingerprint density at radius 2 is 2.00 bits per heavy atom. The van der Waals surface area contributed by atoms with Crippen LogP contribution in [0.2, 0.25) is 5.02 Å². The van der Waals surface area contributed by atoms with Gasteiger partial charge in [-0.2, -0.15) is 0 Å². The largest absolute Gasteiger partial charge is 0.482 e. The predicted molar refractivity (Wildman–Crippen MR) is 101 cm³/mol. The molecule has 1 atom stereocenters. The third-order valence-electron chi connectivity index (χ3n) is 4.81. The SMILES string of the molecule is CC(C(=O)c1ccc2c(c1)N(C)C(=O)CO2)n1ccc2cc(Cl)ccc21. The average Bonchev–Trinajstić information content (AvgIpc) is 3.06. The molecule has 26 heavy (non-hydrogen) atoms. The number of likely N-dealkylation sites (N-methyl/N-ethyl adjacent to an activating group) is 1. The average molecular weight is 369 g/mol. The number of hydrogen-bond acceptors (Lipinski definition) is 3. The number of nitrogens with zero attached hydrogens (tertiary/aromatic N) is 2. The quantitative estimate of drug-likeness (QED) is 0.654. The molecule has 2 aromatic carbocycles. The van der Waals surface area contributed by atoms with Crippen LogP contribution in [0.3, 0.4) is 0 Å². The molecule has 1 aliphatic rings. The Hall–Kier alpha value is -2.79. The number of ether oxygens (including phenoxy) is 1. The Morgan fingerprint density at radius 3 is 2.81 bits per heavy atom. The van der Waals surface area contributed by atoms with E-state index >= 15 is 0 Å². The highest BCUT2D eigenvalue weighted by Crippen LogP contribution is 2.33. The van der Waals surface area contributed by atoms with Gasteiger partial charge in [-0.15, -0.1) is 0 Å². The van der Waals surface area contributed by atoms with Crippen molar-refractivity contribution < 1.29 is 14.3 Å². The van der Waals surface area contributed by atoms with Gasteiger partial charge in [-0.1, -0.05) is 11.6 Å². The van der Waals surface area contributed by atoms with Crippen LogP contribution in [0, 0.1) is 0 Å². The molecule has 0 bridgehead atoms. The second-order valence-electron chi connectivity index (χ2n) is 6.39. The number of rotatable bonds is 3. The molecule has 4 rings (SSSR count). The maximum absolute atomic E-state index is 13.0. The third kappa shape index (κ3) is 2.65. The van der Waals surface area contributed by atoms with E-state index in [0.29, 0.717) is 22.0 Å². The second kappa shape index (κ2) is 6.18. The number of amides is 1. The third-order valence-corrected chi connectivity index (χ3v) is 5.04. The van der Waals surface area contributed by atoms with E-state index in [0.717, 1.165) is 10.9 Å². The molecule has 2 heterocycles. The summed E-state index contributed by atoms with van der Waals surface area (Å²) in [6.45, 7) is 1.88. The molecule has 0 aliphatic carbocycles. The number of Topliss-reactive ketones (excluding diaryl/α,β-unsaturated/α-hetero) is 1. The van der Waals surface area contributed by atoms with Gasteiger partial charge in [0.2, 0.25) is 0 Å². The van der Waals surface area contributed by atoms with Gasteiger partial charge in [-0.3, -0.25) is 9.59 Å². The van der Waals surface area contributed by atoms with Crippen molar-refractivity contribution in [2.24, 2.45) is 0 Å². The van der Waals surface area contributed by atoms with Gasteiger partial charge in [0.05, 0.1) is 11.7 Å². The topological polar surface area (TPSA) is 51.5 Å². The molecular formula is C20H17ClN2O3. The molecule has 0 fully saturated rings. The Morgan fingerprint density at radius 1 is 1.19 bits per heavy atom. The molecular weight excluding hydrogens is 352 g/mol. The summed E-state index contributed by atoms with van der Waals surface area (Å²) < 4.78 is 7.35. The maximum Gasteiger partial charge on any atom is 0.264 e. The first-order chi connectivity index (χ1) is 12.5. The van der Waals surface area contributed by atoms with Gasteiger partial charge in [0, 0.05) is 34.7 Å². The van der Waals surface area contributed by atoms with E-state index < -0.39 is 6.04 Å². The Labute approximate surface area is 155 Å². The van der Waals surface area contributed by atoms with Crippen LogP contribution >= 0.6 is 11.6 Å². The number of halogens is 1. The van der Waals surface area contributed by atoms with Crippen molar-refractivity contribution in [3.8, 4) is 5.75 Å². The first-order valence-corrected chi connectivity index (χ1v) is 8.67. The van der Waals surface area contributed by atoms with Crippen LogP contribution in [0.4, 0.5) is 5.69 Å². The van der Waals surface area contributed by atoms with Gasteiger partial charge in [-0.05, 0) is 49.4 Å². The van der Waals surface area contributed by atoms with Crippen molar-refractivity contribution in [2.45, 2.75) is 13.0 Å². The molecule has 1 aromatic heterocycles. The molecule has 0 radical (unpaired) electrons. The fourth-order valence-corrected chi connectivity index (χ4v) is 3.45. The Balaban J connectivity index is 1.70. The van der Waals surface area contributed by atoms with Crippen molar-refractivity contribution in [3.63, 3.8) is 0 Å². The maximum atomic E-state index is 13.0. The lowest BCUT2D eigenvalue weighted by atomic mass is 10.0. The molecule has 0 N–H and O–H groups in total. The van der Waals surface area contributed by atoms with Crippen LogP contribution < -0.4 is 9.64 Å². The predicted octanol–water partition coefficient (Wildman–Crippen LogP) is 4.09. The Kier molecular flexibility index (Phi) is 3.96. The molecule has 0 saturated carbocycles. The number of carbonyl (C=O) groups excluding carboxylic acids is 2. The van der Waals surface area contributed by atoms with E-state index in [2.05, 4.69) is 0 Å². The van der Waals surface area contributed by atoms with Gasteiger partial charge in [0.1, 0.15) is 5.75 Å². The highest BCUT2D eigenvalue weighted by atomic mass is 35.5. The minimum atomic E-state index is -0.391. The van der Waals surface area contributed by atoms with E-state index in [-0.39, 0.29) is 18.3 Å². The normalized spacial score (nSPS) is 14.9. The minimum absolute atomic E-state index is 0.0190. The number of anilines is 1. The van der Waals surface area contributed by atoms with Gasteiger partial charge >= 0.3 is 0 Å². The van der Waals surface area contributed by atoms with Crippen LogP contribution in [0.1, 0.15) is 23.3 Å². The van der Waals surface area contributed by atoms with Gasteiger partial charge in [-0.25, -0.2) is 0 Å². The molecule has 0 saturated heterocycles. The van der Waals surface area contributed by atoms with Crippen LogP contribution in [0.15, 0.2) is 48.7 Å². The number of fused-ring (bicyclic) bond motifs is 2. The zero-order valence-electron chi connectivity index (χ0n) is 14.4. The molecule has 1 amide bonds. The van der Waals surface area contributed by atoms with E-state index in [9.17, 15) is 9.59 Å². The van der Waals surface area contributed by atoms with Crippen LogP contribution in [-0.4, -0.2) is 29.9 Å². The first-order valence-electron chi connectivity index (χ1n) is 8.29. The van der Waals surface area contributed by atoms with Crippen molar-refractivity contribution in [2.75, 3.05) is 18.6 Å². The number of carbonyl (C=O) groups is 2. The number of aromatic nitrogens is 1. The summed E-state index contributed by atoms with van der Waals surface area (Å²) in [6, 6.07) is 12.4. The van der Waals surface area contributed by atoms with Crippen molar-refractivity contribution in [3.05, 3.63) is 59.2 Å². The van der Waals surface area contributed by atoms with E-state index in [1.54, 1.807) is 25.2 Å². The van der Waals surface area contributed by atoms with Crippen LogP contribution in [0.25, 0.3) is 10.9 Å². The highest BCUT2D eigenvalue weighted by molar-refractivity contribution is 6.31. The summed E-state index contributed by atoms with van der Waals surface area (Å²) in [6.07, 6.45) is 1.89. The van der Waals surface area contributed by atoms with E-state index in [1.807, 2.05) is 42.0 Å². The number of benzene rings is 2. The fourth-order valence-electron chi connectivity index (χ4n) is 3.27. The monoisotopic (exact) mass is 368 g/mol. The second-order valence-corrected chi connectivity index (χ2v) is 6.83. The summed E-state index contributed by atoms with van der Waals surface area (Å²) >= 11 is 6.04. The fraction of sp³-hybridized carbons (Fsp3) is 0.200. The lowest BCUT2D eigenvalue weighted by Crippen LogP contribution is -2.35. The molecule has 3 aromatic rings. The number of ketones is 1. The standard InChI is InChI=1S/C20H17ClN2O3/c1-12(23-8-7-13-9-15(21)4-5-16(13)23)20(25)14-3-6-18-17(10-14)22(2)19(24)11-26-18/h3-10,12H,11H2,1-2H3. The van der Waals surface area contributed by atoms with Crippen LogP contribution in [0.5, 0.6) is 5.75 Å². The minimum Gasteiger partial charge on any atom is -0.482 e. The molecule has 1 aliphatic heterocycles. The van der Waals surface area contributed by atoms with Gasteiger partial charge < -0.3 is 14.2 Å². The lowest BCUT2D eigenvalue weighted by molar-refractivity contribution is -0.120. The zero-order chi connectivity index (χ0) is 18.4. The molecule has 1 unspecified atom stereocenters. The van der Waals surface area contributed by atoms with Gasteiger partial charge in [0.15, 0.2) is 12.4 Å².